The molecular formula is C16H21F2NO2. The van der Waals surface area contributed by atoms with Gasteiger partial charge in [0.1, 0.15) is 12.4 Å². The molecule has 21 heavy (non-hydrogen) atoms. The molecule has 1 aliphatic heterocycles. The second kappa shape index (κ2) is 6.00. The van der Waals surface area contributed by atoms with E-state index in [1.165, 1.54) is 4.90 Å². The summed E-state index contributed by atoms with van der Waals surface area (Å²) in [7, 11) is 0. The first-order valence-electron chi connectivity index (χ1n) is 7.25. The van der Waals surface area contributed by atoms with Crippen molar-refractivity contribution in [3.63, 3.8) is 0 Å². The predicted octanol–water partition coefficient (Wildman–Crippen LogP) is 3.69. The summed E-state index contributed by atoms with van der Waals surface area (Å²) in [5.41, 5.74) is 1.41. The summed E-state index contributed by atoms with van der Waals surface area (Å²) in [6.45, 7) is 4.79. The van der Waals surface area contributed by atoms with Gasteiger partial charge in [0.15, 0.2) is 0 Å². The van der Waals surface area contributed by atoms with E-state index in [0.29, 0.717) is 17.2 Å². The second-order valence-corrected chi connectivity index (χ2v) is 5.71. The van der Waals surface area contributed by atoms with Gasteiger partial charge in [-0.05, 0) is 30.0 Å². The molecule has 1 aromatic carbocycles. The van der Waals surface area contributed by atoms with Gasteiger partial charge in [0.2, 0.25) is 0 Å². The largest absolute Gasteiger partial charge is 0.491 e. The molecule has 0 saturated carbocycles. The summed E-state index contributed by atoms with van der Waals surface area (Å²) in [6, 6.07) is 5.48. The van der Waals surface area contributed by atoms with Crippen LogP contribution in [0.2, 0.25) is 0 Å². The molecule has 0 spiro atoms. The Bertz CT molecular complexity index is 525. The van der Waals surface area contributed by atoms with E-state index >= 15 is 0 Å². The van der Waals surface area contributed by atoms with Gasteiger partial charge in [-0.15, -0.1) is 0 Å². The lowest BCUT2D eigenvalue weighted by Crippen LogP contribution is -2.40. The highest BCUT2D eigenvalue weighted by Crippen LogP contribution is 2.29. The third-order valence-corrected chi connectivity index (χ3v) is 3.79. The number of ether oxygens (including phenoxy) is 1. The Morgan fingerprint density at radius 2 is 2.14 bits per heavy atom. The molecule has 0 fully saturated rings. The summed E-state index contributed by atoms with van der Waals surface area (Å²) in [5.74, 6) is -2.50. The van der Waals surface area contributed by atoms with Crippen LogP contribution in [0.1, 0.15) is 49.0 Å². The number of rotatable bonds is 4. The zero-order valence-electron chi connectivity index (χ0n) is 12.7. The normalized spacial score (nSPS) is 17.0. The summed E-state index contributed by atoms with van der Waals surface area (Å²) >= 11 is 0. The van der Waals surface area contributed by atoms with Gasteiger partial charge in [-0.3, -0.25) is 4.79 Å². The minimum Gasteiger partial charge on any atom is -0.491 e. The fourth-order valence-electron chi connectivity index (χ4n) is 2.41. The average Bonchev–Trinajstić information content (AvgIpc) is 2.57. The van der Waals surface area contributed by atoms with Crippen LogP contribution in [0.25, 0.3) is 0 Å². The maximum atomic E-state index is 13.2. The van der Waals surface area contributed by atoms with E-state index in [2.05, 4.69) is 13.8 Å². The Balaban J connectivity index is 2.33. The molecule has 0 saturated heterocycles. The van der Waals surface area contributed by atoms with Crippen molar-refractivity contribution in [1.29, 1.82) is 0 Å². The van der Waals surface area contributed by atoms with E-state index in [0.717, 1.165) is 18.9 Å². The third kappa shape index (κ3) is 3.71. The molecule has 3 nitrogen and oxygen atoms in total. The Labute approximate surface area is 123 Å². The first-order valence-corrected chi connectivity index (χ1v) is 7.25. The quantitative estimate of drug-likeness (QED) is 0.848. The minimum atomic E-state index is -2.91. The Hall–Kier alpha value is -1.65. The van der Waals surface area contributed by atoms with Gasteiger partial charge in [0, 0.05) is 6.92 Å². The SMILES string of the molecule is CCC(C)c1ccc2c(c1)C(=O)N(CC(C)(F)F)CCO2. The lowest BCUT2D eigenvalue weighted by Gasteiger charge is -2.23. The molecule has 1 aliphatic rings. The molecule has 1 atom stereocenters. The van der Waals surface area contributed by atoms with E-state index in [4.69, 9.17) is 4.74 Å². The van der Waals surface area contributed by atoms with Crippen LogP contribution in [-0.2, 0) is 0 Å². The summed E-state index contributed by atoms with van der Waals surface area (Å²) in [5, 5.41) is 0. The van der Waals surface area contributed by atoms with E-state index < -0.39 is 12.5 Å². The van der Waals surface area contributed by atoms with Crippen LogP contribution in [0.5, 0.6) is 5.75 Å². The smallest absolute Gasteiger partial charge is 0.262 e. The molecule has 0 aliphatic carbocycles. The van der Waals surface area contributed by atoms with Gasteiger partial charge in [-0.25, -0.2) is 8.78 Å². The molecule has 1 unspecified atom stereocenters. The number of carbonyl (C=O) groups excluding carboxylic acids is 1. The van der Waals surface area contributed by atoms with Crippen molar-refractivity contribution in [2.24, 2.45) is 0 Å². The molecule has 1 amide bonds. The number of halogens is 2. The van der Waals surface area contributed by atoms with Gasteiger partial charge in [-0.1, -0.05) is 19.9 Å². The highest BCUT2D eigenvalue weighted by Gasteiger charge is 2.31. The topological polar surface area (TPSA) is 29.5 Å². The lowest BCUT2D eigenvalue weighted by molar-refractivity contribution is -0.0117. The standard InChI is InChI=1S/C16H21F2NO2/c1-4-11(2)12-5-6-14-13(9-12)15(20)19(7-8-21-14)10-16(3,17)18/h5-6,9,11H,4,7-8,10H2,1-3H3. The van der Waals surface area contributed by atoms with Crippen molar-refractivity contribution in [2.75, 3.05) is 19.7 Å². The number of carbonyl (C=O) groups is 1. The summed E-state index contributed by atoms with van der Waals surface area (Å²) in [6.07, 6.45) is 0.949. The van der Waals surface area contributed by atoms with Gasteiger partial charge < -0.3 is 9.64 Å². The molecule has 1 heterocycles. The fourth-order valence-corrected chi connectivity index (χ4v) is 2.41. The molecule has 116 valence electrons. The number of benzene rings is 1. The van der Waals surface area contributed by atoms with Crippen molar-refractivity contribution in [1.82, 2.24) is 4.90 Å². The first kappa shape index (κ1) is 15.7. The highest BCUT2D eigenvalue weighted by molar-refractivity contribution is 5.97. The van der Waals surface area contributed by atoms with E-state index in [-0.39, 0.29) is 19.1 Å². The molecular weight excluding hydrogens is 276 g/mol. The number of hydrogen-bond donors (Lipinski definition) is 0. The van der Waals surface area contributed by atoms with Crippen molar-refractivity contribution in [3.8, 4) is 5.75 Å². The van der Waals surface area contributed by atoms with Crippen molar-refractivity contribution in [3.05, 3.63) is 29.3 Å². The second-order valence-electron chi connectivity index (χ2n) is 5.71. The van der Waals surface area contributed by atoms with Gasteiger partial charge in [0.05, 0.1) is 18.7 Å². The number of fused-ring (bicyclic) bond motifs is 1. The van der Waals surface area contributed by atoms with E-state index in [1.54, 1.807) is 12.1 Å². The molecule has 0 aromatic heterocycles. The molecule has 0 radical (unpaired) electrons. The molecule has 5 heteroatoms. The van der Waals surface area contributed by atoms with E-state index in [1.807, 2.05) is 6.07 Å². The van der Waals surface area contributed by atoms with Crippen LogP contribution in [0.15, 0.2) is 18.2 Å². The van der Waals surface area contributed by atoms with Gasteiger partial charge in [0.25, 0.3) is 11.8 Å². The zero-order valence-corrected chi connectivity index (χ0v) is 12.7. The van der Waals surface area contributed by atoms with Gasteiger partial charge >= 0.3 is 0 Å². The number of hydrogen-bond acceptors (Lipinski definition) is 2. The Kier molecular flexibility index (Phi) is 4.49. The average molecular weight is 297 g/mol. The number of amides is 1. The van der Waals surface area contributed by atoms with Crippen LogP contribution in [-0.4, -0.2) is 36.4 Å². The minimum absolute atomic E-state index is 0.176. The molecule has 0 N–H and O–H groups in total. The summed E-state index contributed by atoms with van der Waals surface area (Å²) < 4.78 is 32.0. The molecule has 2 rings (SSSR count). The number of alkyl halides is 2. The van der Waals surface area contributed by atoms with E-state index in [9.17, 15) is 13.6 Å². The van der Waals surface area contributed by atoms with Crippen LogP contribution in [0.4, 0.5) is 8.78 Å². The molecule has 1 aromatic rings. The Morgan fingerprint density at radius 1 is 1.43 bits per heavy atom. The highest BCUT2D eigenvalue weighted by atomic mass is 19.3. The third-order valence-electron chi connectivity index (χ3n) is 3.79. The van der Waals surface area contributed by atoms with Crippen molar-refractivity contribution >= 4 is 5.91 Å². The first-order chi connectivity index (χ1) is 9.81. The number of nitrogens with zero attached hydrogens (tertiary/aromatic N) is 1. The maximum absolute atomic E-state index is 13.2. The van der Waals surface area contributed by atoms with Crippen molar-refractivity contribution < 1.29 is 18.3 Å². The summed E-state index contributed by atoms with van der Waals surface area (Å²) in [4.78, 5) is 13.7. The molecule has 0 bridgehead atoms. The fraction of sp³-hybridized carbons (Fsp3) is 0.562. The maximum Gasteiger partial charge on any atom is 0.262 e. The lowest BCUT2D eigenvalue weighted by atomic mass is 9.96. The zero-order chi connectivity index (χ0) is 15.6. The van der Waals surface area contributed by atoms with Crippen LogP contribution in [0, 0.1) is 0 Å². The predicted molar refractivity (Wildman–Crippen MR) is 77.2 cm³/mol. The van der Waals surface area contributed by atoms with Crippen LogP contribution in [0.3, 0.4) is 0 Å². The van der Waals surface area contributed by atoms with Crippen LogP contribution < -0.4 is 4.74 Å². The van der Waals surface area contributed by atoms with Crippen molar-refractivity contribution in [2.45, 2.75) is 39.0 Å². The van der Waals surface area contributed by atoms with Gasteiger partial charge in [-0.2, -0.15) is 0 Å². The Morgan fingerprint density at radius 3 is 2.76 bits per heavy atom. The monoisotopic (exact) mass is 297 g/mol. The van der Waals surface area contributed by atoms with Crippen LogP contribution >= 0.6 is 0 Å².